The van der Waals surface area contributed by atoms with Gasteiger partial charge in [0, 0.05) is 12.8 Å². The van der Waals surface area contributed by atoms with E-state index in [1.54, 1.807) is 18.2 Å². The van der Waals surface area contributed by atoms with Crippen LogP contribution in [-0.4, -0.2) is 28.6 Å². The van der Waals surface area contributed by atoms with Crippen LogP contribution in [0.1, 0.15) is 48.8 Å². The number of alkyl halides is 3. The van der Waals surface area contributed by atoms with Crippen LogP contribution in [0.15, 0.2) is 40.8 Å². The number of cyclic esters (lactones) is 2. The smallest absolute Gasteiger partial charge is 0.422 e. The van der Waals surface area contributed by atoms with Crippen molar-refractivity contribution >= 4 is 11.9 Å². The van der Waals surface area contributed by atoms with Gasteiger partial charge < -0.3 is 24.7 Å². The van der Waals surface area contributed by atoms with Gasteiger partial charge in [-0.1, -0.05) is 24.1 Å². The Labute approximate surface area is 187 Å². The Bertz CT molecular complexity index is 1080. The summed E-state index contributed by atoms with van der Waals surface area (Å²) in [6.07, 6.45) is -2.55. The Hall–Kier alpha value is -3.29. The number of unbranched alkanes of at least 4 members (excludes halogenated alkanes) is 1. The van der Waals surface area contributed by atoms with Crippen LogP contribution in [0.25, 0.3) is 0 Å². The average Bonchev–Trinajstić information content (AvgIpc) is 3.30. The number of aryl methyl sites for hydroxylation is 2. The van der Waals surface area contributed by atoms with Crippen LogP contribution >= 0.6 is 0 Å². The molecule has 1 atom stereocenters. The van der Waals surface area contributed by atoms with E-state index in [0.29, 0.717) is 36.3 Å². The molecule has 10 heteroatoms. The lowest BCUT2D eigenvalue weighted by Gasteiger charge is -2.34. The molecule has 1 aromatic heterocycles. The fraction of sp³-hybridized carbons (Fsp3) is 0.391. The molecule has 1 fully saturated rings. The van der Waals surface area contributed by atoms with E-state index in [1.807, 2.05) is 0 Å². The van der Waals surface area contributed by atoms with Gasteiger partial charge in [0.1, 0.15) is 11.3 Å². The summed E-state index contributed by atoms with van der Waals surface area (Å²) in [5.74, 6) is 1.45. The maximum Gasteiger partial charge on any atom is 0.422 e. The first kappa shape index (κ1) is 24.4. The molecule has 3 N–H and O–H groups in total. The van der Waals surface area contributed by atoms with Crippen LogP contribution in [-0.2, 0) is 38.1 Å². The van der Waals surface area contributed by atoms with Gasteiger partial charge in [0.2, 0.25) is 0 Å². The molecular weight excluding hydrogens is 443 g/mol. The van der Waals surface area contributed by atoms with E-state index in [9.17, 15) is 27.9 Å². The van der Waals surface area contributed by atoms with Crippen LogP contribution in [0.4, 0.5) is 13.2 Å². The molecule has 33 heavy (non-hydrogen) atoms. The highest BCUT2D eigenvalue weighted by molar-refractivity contribution is 6.31. The highest BCUT2D eigenvalue weighted by Crippen LogP contribution is 2.32. The van der Waals surface area contributed by atoms with Gasteiger partial charge in [-0.05, 0) is 55.9 Å². The molecule has 0 aliphatic carbocycles. The summed E-state index contributed by atoms with van der Waals surface area (Å²) in [4.78, 5) is 22.4. The molecule has 0 spiro atoms. The summed E-state index contributed by atoms with van der Waals surface area (Å²) in [7, 11) is 0. The van der Waals surface area contributed by atoms with Crippen LogP contribution < -0.4 is 5.73 Å². The number of ether oxygens (including phenoxy) is 2. The fourth-order valence-electron chi connectivity index (χ4n) is 3.14. The van der Waals surface area contributed by atoms with Gasteiger partial charge in [0.25, 0.3) is 0 Å². The summed E-state index contributed by atoms with van der Waals surface area (Å²) >= 11 is 0. The molecule has 3 rings (SSSR count). The monoisotopic (exact) mass is 465 g/mol. The number of rotatable bonds is 7. The molecule has 2 aromatic rings. The van der Waals surface area contributed by atoms with Gasteiger partial charge in [-0.2, -0.15) is 13.2 Å². The second-order valence-electron chi connectivity index (χ2n) is 7.90. The lowest BCUT2D eigenvalue weighted by atomic mass is 9.93. The van der Waals surface area contributed by atoms with E-state index in [0.717, 1.165) is 12.1 Å². The first-order chi connectivity index (χ1) is 15.4. The van der Waals surface area contributed by atoms with Crippen molar-refractivity contribution in [1.29, 1.82) is 0 Å². The molecule has 2 heterocycles. The van der Waals surface area contributed by atoms with Crippen LogP contribution in [0.5, 0.6) is 0 Å². The summed E-state index contributed by atoms with van der Waals surface area (Å²) < 4.78 is 53.0. The molecule has 0 radical (unpaired) electrons. The maximum absolute atomic E-state index is 12.8. The van der Waals surface area contributed by atoms with Gasteiger partial charge in [-0.3, -0.25) is 0 Å². The highest BCUT2D eigenvalue weighted by atomic mass is 19.4. The number of carbonyl (C=O) groups is 2. The van der Waals surface area contributed by atoms with E-state index in [-0.39, 0.29) is 12.8 Å². The summed E-state index contributed by atoms with van der Waals surface area (Å²) in [6, 6.07) is 8.53. The van der Waals surface area contributed by atoms with Crippen molar-refractivity contribution in [2.75, 3.05) is 0 Å². The molecule has 176 valence electrons. The Kier molecular flexibility index (Phi) is 6.86. The zero-order valence-corrected chi connectivity index (χ0v) is 17.7. The summed E-state index contributed by atoms with van der Waals surface area (Å²) in [5, 5.41) is 10.2. The average molecular weight is 465 g/mol. The Balaban J connectivity index is 1.48. The molecule has 0 bridgehead atoms. The topological polar surface area (TPSA) is 112 Å². The minimum absolute atomic E-state index is 0.0570. The van der Waals surface area contributed by atoms with Crippen molar-refractivity contribution in [3.8, 4) is 11.8 Å². The van der Waals surface area contributed by atoms with E-state index in [4.69, 9.17) is 10.2 Å². The number of nitrogens with two attached hydrogens (primary N) is 1. The minimum atomic E-state index is -4.36. The Morgan fingerprint density at radius 2 is 1.79 bits per heavy atom. The fourth-order valence-corrected chi connectivity index (χ4v) is 3.14. The van der Waals surface area contributed by atoms with E-state index >= 15 is 0 Å². The quantitative estimate of drug-likeness (QED) is 0.280. The number of halogens is 3. The van der Waals surface area contributed by atoms with Crippen LogP contribution in [0.3, 0.4) is 0 Å². The third-order valence-electron chi connectivity index (χ3n) is 5.14. The Morgan fingerprint density at radius 3 is 2.45 bits per heavy atom. The lowest BCUT2D eigenvalue weighted by Crippen LogP contribution is -2.60. The number of furan rings is 1. The van der Waals surface area contributed by atoms with Crippen LogP contribution in [0.2, 0.25) is 0 Å². The normalized spacial score (nSPS) is 17.0. The van der Waals surface area contributed by atoms with E-state index in [2.05, 4.69) is 21.3 Å². The van der Waals surface area contributed by atoms with Crippen molar-refractivity contribution in [3.05, 3.63) is 59.0 Å². The molecule has 7 nitrogen and oxygen atoms in total. The van der Waals surface area contributed by atoms with Crippen molar-refractivity contribution in [3.63, 3.8) is 0 Å². The SMILES string of the molecule is C[C@@](N)(CCc1ccc(C#CCCCc2cccc(C(F)(F)F)c2)o1)C1(O)OC(=O)C(=O)O1. The number of hydrogen-bond acceptors (Lipinski definition) is 7. The molecular formula is C23H22F3NO6. The van der Waals surface area contributed by atoms with Gasteiger partial charge in [0.15, 0.2) is 5.76 Å². The van der Waals surface area contributed by atoms with E-state index in [1.165, 1.54) is 13.0 Å². The predicted octanol–water partition coefficient (Wildman–Crippen LogP) is 3.07. The molecule has 0 amide bonds. The highest BCUT2D eigenvalue weighted by Gasteiger charge is 2.58. The molecule has 0 unspecified atom stereocenters. The number of esters is 2. The molecule has 1 aromatic carbocycles. The molecule has 1 saturated heterocycles. The third-order valence-corrected chi connectivity index (χ3v) is 5.14. The summed E-state index contributed by atoms with van der Waals surface area (Å²) in [6.45, 7) is 1.37. The van der Waals surface area contributed by atoms with Gasteiger partial charge in [-0.25, -0.2) is 9.59 Å². The van der Waals surface area contributed by atoms with Crippen molar-refractivity contribution in [2.24, 2.45) is 5.73 Å². The number of hydrogen-bond donors (Lipinski definition) is 2. The maximum atomic E-state index is 12.8. The van der Waals surface area contributed by atoms with Crippen molar-refractivity contribution in [1.82, 2.24) is 0 Å². The molecule has 1 aliphatic heterocycles. The predicted molar refractivity (Wildman–Crippen MR) is 108 cm³/mol. The van der Waals surface area contributed by atoms with Gasteiger partial charge >= 0.3 is 24.1 Å². The lowest BCUT2D eigenvalue weighted by molar-refractivity contribution is -0.324. The summed E-state index contributed by atoms with van der Waals surface area (Å²) in [5.41, 5.74) is 4.33. The molecule has 0 saturated carbocycles. The van der Waals surface area contributed by atoms with Crippen LogP contribution in [0, 0.1) is 11.8 Å². The van der Waals surface area contributed by atoms with Gasteiger partial charge in [0.05, 0.1) is 5.56 Å². The zero-order chi connectivity index (χ0) is 24.3. The third kappa shape index (κ3) is 5.94. The van der Waals surface area contributed by atoms with E-state index < -0.39 is 35.2 Å². The second kappa shape index (κ2) is 9.29. The first-order valence-electron chi connectivity index (χ1n) is 10.1. The number of benzene rings is 1. The van der Waals surface area contributed by atoms with Gasteiger partial charge in [-0.15, -0.1) is 0 Å². The number of carbonyl (C=O) groups excluding carboxylic acids is 2. The Morgan fingerprint density at radius 1 is 1.09 bits per heavy atom. The number of aliphatic hydroxyl groups is 1. The second-order valence-corrected chi connectivity index (χ2v) is 7.90. The standard InChI is InChI=1S/C23H22F3NO6/c1-21(27,23(30)32-19(28)20(29)33-23)13-12-18-11-10-17(31-18)9-4-2-3-6-15-7-5-8-16(14-15)22(24,25)26/h5,7-8,10-11,14,30H,2-3,6,12-13,27H2,1H3/t21-/m1/s1. The minimum Gasteiger partial charge on any atom is -0.453 e. The molecule has 1 aliphatic rings. The zero-order valence-electron chi connectivity index (χ0n) is 17.7. The first-order valence-corrected chi connectivity index (χ1v) is 10.1. The van der Waals surface area contributed by atoms with Crippen molar-refractivity contribution in [2.45, 2.75) is 56.7 Å². The largest absolute Gasteiger partial charge is 0.453 e. The van der Waals surface area contributed by atoms with Crippen molar-refractivity contribution < 1.29 is 41.8 Å².